The van der Waals surface area contributed by atoms with E-state index in [2.05, 4.69) is 0 Å². The number of benzene rings is 2. The summed E-state index contributed by atoms with van der Waals surface area (Å²) in [6.45, 7) is 1.51. The Morgan fingerprint density at radius 1 is 1.12 bits per heavy atom. The second kappa shape index (κ2) is 6.51. The smallest absolute Gasteiger partial charge is 0.205 e. The molecule has 5 heteroatoms. The lowest BCUT2D eigenvalue weighted by molar-refractivity contribution is 0.0812. The number of carbonyl (C=O) groups excluding carboxylic acids is 2. The van der Waals surface area contributed by atoms with Crippen molar-refractivity contribution in [3.05, 3.63) is 64.7 Å². The predicted octanol–water partition coefficient (Wildman–Crippen LogP) is 4.13. The van der Waals surface area contributed by atoms with Gasteiger partial charge in [0.25, 0.3) is 0 Å². The molecule has 1 unspecified atom stereocenters. The summed E-state index contributed by atoms with van der Waals surface area (Å²) in [6, 6.07) is 7.89. The first-order chi connectivity index (χ1) is 11.5. The second-order valence-corrected chi connectivity index (χ2v) is 5.84. The lowest BCUT2D eigenvalue weighted by Crippen LogP contribution is -2.25. The van der Waals surface area contributed by atoms with E-state index in [1.54, 1.807) is 18.2 Å². The van der Waals surface area contributed by atoms with E-state index in [9.17, 15) is 18.4 Å². The van der Waals surface area contributed by atoms with Gasteiger partial charge in [-0.25, -0.2) is 8.78 Å². The number of Topliss-reactive ketones (excluding diaryl/α,β-unsaturated/α-hetero) is 2. The third-order valence-electron chi connectivity index (χ3n) is 4.11. The maximum atomic E-state index is 13.7. The van der Waals surface area contributed by atoms with Crippen LogP contribution < -0.4 is 4.74 Å². The molecule has 0 heterocycles. The number of aryl methyl sites for hydroxylation is 1. The van der Waals surface area contributed by atoms with Gasteiger partial charge in [-0.15, -0.1) is 0 Å². The summed E-state index contributed by atoms with van der Waals surface area (Å²) in [6.07, 6.45) is 1.20. The molecule has 0 saturated carbocycles. The fraction of sp³-hybridized carbons (Fsp3) is 0.263. The van der Waals surface area contributed by atoms with Gasteiger partial charge in [0.15, 0.2) is 11.9 Å². The van der Waals surface area contributed by atoms with E-state index < -0.39 is 23.5 Å². The Morgan fingerprint density at radius 3 is 2.67 bits per heavy atom. The number of hydrogen-bond donors (Lipinski definition) is 0. The largest absolute Gasteiger partial charge is 0.483 e. The van der Waals surface area contributed by atoms with Crippen molar-refractivity contribution < 1.29 is 23.1 Å². The zero-order valence-corrected chi connectivity index (χ0v) is 13.1. The van der Waals surface area contributed by atoms with E-state index >= 15 is 0 Å². The molecule has 0 saturated heterocycles. The van der Waals surface area contributed by atoms with Gasteiger partial charge in [-0.1, -0.05) is 0 Å². The number of halogens is 2. The molecule has 0 bridgehead atoms. The van der Waals surface area contributed by atoms with Gasteiger partial charge in [0.05, 0.1) is 5.56 Å². The van der Waals surface area contributed by atoms with Gasteiger partial charge in [-0.05, 0) is 55.7 Å². The van der Waals surface area contributed by atoms with Gasteiger partial charge in [0.1, 0.15) is 17.4 Å². The van der Waals surface area contributed by atoms with Crippen molar-refractivity contribution in [1.29, 1.82) is 0 Å². The van der Waals surface area contributed by atoms with Crippen LogP contribution in [0, 0.1) is 11.6 Å². The van der Waals surface area contributed by atoms with Crippen LogP contribution in [-0.2, 0) is 6.42 Å². The number of ether oxygens (including phenoxy) is 1. The Hall–Kier alpha value is -2.56. The molecular weight excluding hydrogens is 314 g/mol. The summed E-state index contributed by atoms with van der Waals surface area (Å²) in [5.74, 6) is -1.66. The van der Waals surface area contributed by atoms with Gasteiger partial charge in [0, 0.05) is 18.1 Å². The van der Waals surface area contributed by atoms with Gasteiger partial charge < -0.3 is 4.74 Å². The van der Waals surface area contributed by atoms with Crippen LogP contribution in [0.4, 0.5) is 8.78 Å². The van der Waals surface area contributed by atoms with Crippen molar-refractivity contribution in [2.24, 2.45) is 0 Å². The second-order valence-electron chi connectivity index (χ2n) is 5.84. The monoisotopic (exact) mass is 330 g/mol. The van der Waals surface area contributed by atoms with E-state index in [4.69, 9.17) is 4.74 Å². The molecule has 0 amide bonds. The summed E-state index contributed by atoms with van der Waals surface area (Å²) >= 11 is 0. The Labute approximate surface area is 138 Å². The van der Waals surface area contributed by atoms with Crippen LogP contribution in [0.15, 0.2) is 36.4 Å². The average Bonchev–Trinajstić information content (AvgIpc) is 2.54. The molecule has 3 rings (SSSR count). The maximum Gasteiger partial charge on any atom is 0.205 e. The van der Waals surface area contributed by atoms with Gasteiger partial charge in [0.2, 0.25) is 5.78 Å². The fourth-order valence-corrected chi connectivity index (χ4v) is 2.86. The lowest BCUT2D eigenvalue weighted by Gasteiger charge is -2.18. The molecular formula is C19H16F2O3. The Balaban J connectivity index is 1.78. The highest BCUT2D eigenvalue weighted by atomic mass is 19.1. The van der Waals surface area contributed by atoms with Crippen LogP contribution in [0.1, 0.15) is 46.0 Å². The number of carbonyl (C=O) groups is 2. The van der Waals surface area contributed by atoms with Crippen LogP contribution in [0.25, 0.3) is 0 Å². The Kier molecular flexibility index (Phi) is 4.42. The third kappa shape index (κ3) is 3.20. The van der Waals surface area contributed by atoms with E-state index in [1.807, 2.05) is 0 Å². The predicted molar refractivity (Wildman–Crippen MR) is 84.5 cm³/mol. The lowest BCUT2D eigenvalue weighted by atomic mass is 9.90. The Bertz CT molecular complexity index is 814. The molecule has 2 aromatic rings. The normalized spacial score (nSPS) is 14.9. The molecule has 2 aromatic carbocycles. The van der Waals surface area contributed by atoms with Crippen molar-refractivity contribution in [3.63, 3.8) is 0 Å². The minimum Gasteiger partial charge on any atom is -0.483 e. The van der Waals surface area contributed by atoms with E-state index in [0.29, 0.717) is 23.8 Å². The molecule has 0 fully saturated rings. The average molecular weight is 330 g/mol. The Morgan fingerprint density at radius 2 is 1.92 bits per heavy atom. The summed E-state index contributed by atoms with van der Waals surface area (Å²) in [4.78, 5) is 24.1. The molecule has 0 aliphatic heterocycles. The number of fused-ring (bicyclic) bond motifs is 1. The topological polar surface area (TPSA) is 43.4 Å². The van der Waals surface area contributed by atoms with E-state index in [1.165, 1.54) is 6.92 Å². The summed E-state index contributed by atoms with van der Waals surface area (Å²) in [7, 11) is 0. The number of ketones is 2. The summed E-state index contributed by atoms with van der Waals surface area (Å²) < 4.78 is 32.3. The van der Waals surface area contributed by atoms with Gasteiger partial charge in [-0.3, -0.25) is 9.59 Å². The molecule has 1 aliphatic carbocycles. The molecule has 0 spiro atoms. The standard InChI is InChI=1S/C19H16F2O3/c1-11(19(23)16-7-5-13(20)10-17(16)21)24-14-6-8-15-12(9-14)3-2-4-18(15)22/h5-11H,2-4H2,1H3. The molecule has 24 heavy (non-hydrogen) atoms. The highest BCUT2D eigenvalue weighted by molar-refractivity contribution is 6.00. The molecule has 124 valence electrons. The highest BCUT2D eigenvalue weighted by Gasteiger charge is 2.22. The minimum absolute atomic E-state index is 0.111. The number of rotatable bonds is 4. The molecule has 1 atom stereocenters. The first-order valence-electron chi connectivity index (χ1n) is 7.78. The van der Waals surface area contributed by atoms with Gasteiger partial charge in [-0.2, -0.15) is 0 Å². The molecule has 3 nitrogen and oxygen atoms in total. The van der Waals surface area contributed by atoms with Crippen molar-refractivity contribution in [1.82, 2.24) is 0 Å². The van der Waals surface area contributed by atoms with Crippen molar-refractivity contribution in [3.8, 4) is 5.75 Å². The summed E-state index contributed by atoms with van der Waals surface area (Å²) in [5, 5.41) is 0. The number of hydrogen-bond acceptors (Lipinski definition) is 3. The highest BCUT2D eigenvalue weighted by Crippen LogP contribution is 2.26. The van der Waals surface area contributed by atoms with Crippen molar-refractivity contribution >= 4 is 11.6 Å². The van der Waals surface area contributed by atoms with Crippen LogP contribution in [0.3, 0.4) is 0 Å². The zero-order valence-electron chi connectivity index (χ0n) is 13.1. The quantitative estimate of drug-likeness (QED) is 0.792. The van der Waals surface area contributed by atoms with Crippen molar-refractivity contribution in [2.45, 2.75) is 32.3 Å². The summed E-state index contributed by atoms with van der Waals surface area (Å²) in [5.41, 5.74) is 1.38. The SMILES string of the molecule is CC(Oc1ccc2c(c1)CCCC2=O)C(=O)c1ccc(F)cc1F. The van der Waals surface area contributed by atoms with Gasteiger partial charge >= 0.3 is 0 Å². The van der Waals surface area contributed by atoms with Crippen molar-refractivity contribution in [2.75, 3.05) is 0 Å². The first-order valence-corrected chi connectivity index (χ1v) is 7.78. The fourth-order valence-electron chi connectivity index (χ4n) is 2.86. The minimum atomic E-state index is -0.928. The zero-order chi connectivity index (χ0) is 17.3. The molecule has 0 radical (unpaired) electrons. The van der Waals surface area contributed by atoms with Crippen LogP contribution in [0.5, 0.6) is 5.75 Å². The molecule has 0 N–H and O–H groups in total. The third-order valence-corrected chi connectivity index (χ3v) is 4.11. The first kappa shape index (κ1) is 16.3. The molecule has 1 aliphatic rings. The van der Waals surface area contributed by atoms with E-state index in [-0.39, 0.29) is 11.3 Å². The molecule has 0 aromatic heterocycles. The van der Waals surface area contributed by atoms with E-state index in [0.717, 1.165) is 30.5 Å². The van der Waals surface area contributed by atoms with Crippen LogP contribution in [0.2, 0.25) is 0 Å². The van der Waals surface area contributed by atoms with Crippen LogP contribution >= 0.6 is 0 Å². The van der Waals surface area contributed by atoms with Crippen LogP contribution in [-0.4, -0.2) is 17.7 Å². The maximum absolute atomic E-state index is 13.7.